The Bertz CT molecular complexity index is 2160. The van der Waals surface area contributed by atoms with Gasteiger partial charge in [-0.3, -0.25) is 4.90 Å². The maximum absolute atomic E-state index is 5.32. The number of fused-ring (bicyclic) bond motifs is 6. The predicted molar refractivity (Wildman–Crippen MR) is 172 cm³/mol. The second-order valence-corrected chi connectivity index (χ2v) is 11.1. The first-order valence-electron chi connectivity index (χ1n) is 13.5. The molecule has 0 radical (unpaired) electrons. The summed E-state index contributed by atoms with van der Waals surface area (Å²) in [6, 6.07) is 51.9. The molecule has 0 spiro atoms. The molecule has 2 nitrogen and oxygen atoms in total. The third-order valence-electron chi connectivity index (χ3n) is 7.64. The summed E-state index contributed by atoms with van der Waals surface area (Å²) in [7, 11) is 0. The first kappa shape index (κ1) is 22.9. The van der Waals surface area contributed by atoms with Crippen molar-refractivity contribution in [1.29, 1.82) is 0 Å². The van der Waals surface area contributed by atoms with Gasteiger partial charge in [-0.15, -0.1) is 11.3 Å². The SMILES string of the molecule is c1ccc(N(c2ccc(-c3ccc4ccccc4c3)cc2)c2ccc3sc4ccc5ccccc5c4c3n2)cc1. The molecule has 0 N–H and O–H groups in total. The van der Waals surface area contributed by atoms with Crippen LogP contribution in [0, 0.1) is 0 Å². The highest BCUT2D eigenvalue weighted by Crippen LogP contribution is 2.41. The Balaban J connectivity index is 1.27. The predicted octanol–water partition coefficient (Wildman–Crippen LogP) is 10.9. The first-order chi connectivity index (χ1) is 19.8. The van der Waals surface area contributed by atoms with E-state index in [9.17, 15) is 0 Å². The van der Waals surface area contributed by atoms with Gasteiger partial charge in [0.25, 0.3) is 0 Å². The number of para-hydroxylation sites is 1. The van der Waals surface area contributed by atoms with Gasteiger partial charge in [0.15, 0.2) is 0 Å². The van der Waals surface area contributed by atoms with Crippen LogP contribution in [0.4, 0.5) is 17.2 Å². The van der Waals surface area contributed by atoms with Gasteiger partial charge in [-0.05, 0) is 81.2 Å². The highest BCUT2D eigenvalue weighted by Gasteiger charge is 2.17. The minimum absolute atomic E-state index is 0.907. The van der Waals surface area contributed by atoms with Crippen molar-refractivity contribution in [2.45, 2.75) is 0 Å². The quantitative estimate of drug-likeness (QED) is 0.226. The first-order valence-corrected chi connectivity index (χ1v) is 14.3. The van der Waals surface area contributed by atoms with E-state index in [-0.39, 0.29) is 0 Å². The number of hydrogen-bond donors (Lipinski definition) is 0. The van der Waals surface area contributed by atoms with Crippen molar-refractivity contribution in [3.63, 3.8) is 0 Å². The van der Waals surface area contributed by atoms with E-state index in [1.807, 2.05) is 11.3 Å². The zero-order valence-corrected chi connectivity index (χ0v) is 22.5. The molecule has 0 bridgehead atoms. The second kappa shape index (κ2) is 9.33. The Morgan fingerprint density at radius 2 is 1.12 bits per heavy atom. The molecular formula is C37H24N2S. The van der Waals surface area contributed by atoms with Gasteiger partial charge in [0.05, 0.1) is 10.2 Å². The molecule has 0 saturated heterocycles. The molecule has 0 aliphatic carbocycles. The maximum Gasteiger partial charge on any atom is 0.138 e. The Hall–Kier alpha value is -4.99. The van der Waals surface area contributed by atoms with Gasteiger partial charge in [0.2, 0.25) is 0 Å². The van der Waals surface area contributed by atoms with E-state index in [0.717, 1.165) is 22.7 Å². The lowest BCUT2D eigenvalue weighted by Crippen LogP contribution is -2.11. The lowest BCUT2D eigenvalue weighted by molar-refractivity contribution is 1.21. The molecule has 2 heterocycles. The summed E-state index contributed by atoms with van der Waals surface area (Å²) in [6.45, 7) is 0. The Labute approximate surface area is 236 Å². The third-order valence-corrected chi connectivity index (χ3v) is 8.75. The summed E-state index contributed by atoms with van der Waals surface area (Å²) in [5.74, 6) is 0.907. The molecule has 0 aliphatic rings. The average Bonchev–Trinajstić information content (AvgIpc) is 3.40. The Kier molecular flexibility index (Phi) is 5.35. The molecule has 188 valence electrons. The van der Waals surface area contributed by atoms with Gasteiger partial charge in [0, 0.05) is 21.5 Å². The average molecular weight is 529 g/mol. The summed E-state index contributed by atoms with van der Waals surface area (Å²) in [5.41, 5.74) is 5.63. The summed E-state index contributed by atoms with van der Waals surface area (Å²) in [4.78, 5) is 7.57. The van der Waals surface area contributed by atoms with Crippen LogP contribution in [-0.4, -0.2) is 4.98 Å². The number of thiophene rings is 1. The molecule has 0 atom stereocenters. The molecule has 40 heavy (non-hydrogen) atoms. The lowest BCUT2D eigenvalue weighted by atomic mass is 10.0. The highest BCUT2D eigenvalue weighted by molar-refractivity contribution is 7.26. The van der Waals surface area contributed by atoms with E-state index >= 15 is 0 Å². The highest BCUT2D eigenvalue weighted by atomic mass is 32.1. The molecular weight excluding hydrogens is 504 g/mol. The molecule has 3 heteroatoms. The number of rotatable bonds is 4. The fourth-order valence-electron chi connectivity index (χ4n) is 5.68. The van der Waals surface area contributed by atoms with Crippen molar-refractivity contribution >= 4 is 70.4 Å². The van der Waals surface area contributed by atoms with E-state index in [0.29, 0.717) is 0 Å². The minimum Gasteiger partial charge on any atom is -0.295 e. The fourth-order valence-corrected chi connectivity index (χ4v) is 6.75. The topological polar surface area (TPSA) is 16.1 Å². The fraction of sp³-hybridized carbons (Fsp3) is 0. The molecule has 8 rings (SSSR count). The number of nitrogens with zero attached hydrogens (tertiary/aromatic N) is 2. The molecule has 8 aromatic rings. The van der Waals surface area contributed by atoms with Gasteiger partial charge >= 0.3 is 0 Å². The van der Waals surface area contributed by atoms with Crippen LogP contribution < -0.4 is 4.90 Å². The summed E-state index contributed by atoms with van der Waals surface area (Å²) in [5, 5.41) is 6.24. The molecule has 0 amide bonds. The zero-order chi connectivity index (χ0) is 26.5. The van der Waals surface area contributed by atoms with Crippen LogP contribution in [-0.2, 0) is 0 Å². The van der Waals surface area contributed by atoms with Crippen LogP contribution in [0.1, 0.15) is 0 Å². The van der Waals surface area contributed by atoms with Crippen molar-refractivity contribution < 1.29 is 0 Å². The van der Waals surface area contributed by atoms with E-state index in [2.05, 4.69) is 150 Å². The number of benzene rings is 6. The minimum atomic E-state index is 0.907. The van der Waals surface area contributed by atoms with Crippen molar-refractivity contribution in [3.05, 3.63) is 146 Å². The van der Waals surface area contributed by atoms with Crippen LogP contribution in [0.5, 0.6) is 0 Å². The van der Waals surface area contributed by atoms with Gasteiger partial charge in [0.1, 0.15) is 5.82 Å². The van der Waals surface area contributed by atoms with E-state index in [1.54, 1.807) is 0 Å². The van der Waals surface area contributed by atoms with Crippen molar-refractivity contribution in [1.82, 2.24) is 4.98 Å². The standard InChI is InChI=1S/C37H24N2S/c1-2-11-30(12-3-1)39(31-19-16-26(17-20-31)29-15-14-25-8-4-5-10-28(25)24-29)35-23-22-34-37(38-35)36-32-13-7-6-9-27(32)18-21-33(36)40-34/h1-24H. The van der Waals surface area contributed by atoms with Crippen molar-refractivity contribution in [2.24, 2.45) is 0 Å². The molecule has 0 saturated carbocycles. The summed E-state index contributed by atoms with van der Waals surface area (Å²) < 4.78 is 2.47. The number of aromatic nitrogens is 1. The summed E-state index contributed by atoms with van der Waals surface area (Å²) in [6.07, 6.45) is 0. The largest absolute Gasteiger partial charge is 0.295 e. The number of pyridine rings is 1. The van der Waals surface area contributed by atoms with Crippen molar-refractivity contribution in [2.75, 3.05) is 4.90 Å². The van der Waals surface area contributed by atoms with Crippen LogP contribution >= 0.6 is 11.3 Å². The molecule has 0 aliphatic heterocycles. The Morgan fingerprint density at radius 1 is 0.475 bits per heavy atom. The van der Waals surface area contributed by atoms with Crippen LogP contribution in [0.3, 0.4) is 0 Å². The van der Waals surface area contributed by atoms with Gasteiger partial charge in [-0.1, -0.05) is 97.1 Å². The van der Waals surface area contributed by atoms with Gasteiger partial charge in [-0.25, -0.2) is 4.98 Å². The monoisotopic (exact) mass is 528 g/mol. The smallest absolute Gasteiger partial charge is 0.138 e. The number of hydrogen-bond acceptors (Lipinski definition) is 3. The van der Waals surface area contributed by atoms with Crippen LogP contribution in [0.15, 0.2) is 146 Å². The zero-order valence-electron chi connectivity index (χ0n) is 21.7. The molecule has 0 unspecified atom stereocenters. The summed E-state index contributed by atoms with van der Waals surface area (Å²) >= 11 is 1.81. The van der Waals surface area contributed by atoms with E-state index < -0.39 is 0 Å². The van der Waals surface area contributed by atoms with Crippen molar-refractivity contribution in [3.8, 4) is 11.1 Å². The van der Waals surface area contributed by atoms with E-state index in [4.69, 9.17) is 4.98 Å². The van der Waals surface area contributed by atoms with Gasteiger partial charge < -0.3 is 0 Å². The molecule has 0 fully saturated rings. The normalized spacial score (nSPS) is 11.5. The number of anilines is 3. The third kappa shape index (κ3) is 3.83. The molecule has 2 aromatic heterocycles. The maximum atomic E-state index is 5.32. The van der Waals surface area contributed by atoms with Crippen LogP contribution in [0.25, 0.3) is 53.0 Å². The van der Waals surface area contributed by atoms with E-state index in [1.165, 1.54) is 47.5 Å². The Morgan fingerprint density at radius 3 is 1.98 bits per heavy atom. The molecule has 6 aromatic carbocycles. The lowest BCUT2D eigenvalue weighted by Gasteiger charge is -2.24. The van der Waals surface area contributed by atoms with Gasteiger partial charge in [-0.2, -0.15) is 0 Å². The van der Waals surface area contributed by atoms with Crippen LogP contribution in [0.2, 0.25) is 0 Å². The second-order valence-electron chi connectivity index (χ2n) is 10.1.